The second-order valence-electron chi connectivity index (χ2n) is 8.20. The molecule has 0 atom stereocenters. The molecular weight excluding hydrogens is 444 g/mol. The van der Waals surface area contributed by atoms with Crippen LogP contribution in [0.5, 0.6) is 5.75 Å². The molecule has 0 saturated carbocycles. The molecule has 2 aromatic heterocycles. The van der Waals surface area contributed by atoms with Crippen molar-refractivity contribution in [3.63, 3.8) is 0 Å². The van der Waals surface area contributed by atoms with Crippen molar-refractivity contribution < 1.29 is 18.8 Å². The quantitative estimate of drug-likeness (QED) is 0.426. The van der Waals surface area contributed by atoms with E-state index in [1.165, 1.54) is 0 Å². The van der Waals surface area contributed by atoms with Gasteiger partial charge >= 0.3 is 0 Å². The highest BCUT2D eigenvalue weighted by molar-refractivity contribution is 5.95. The Kier molecular flexibility index (Phi) is 6.52. The van der Waals surface area contributed by atoms with E-state index in [9.17, 15) is 9.59 Å². The van der Waals surface area contributed by atoms with Gasteiger partial charge in [-0.3, -0.25) is 14.6 Å². The summed E-state index contributed by atoms with van der Waals surface area (Å²) in [6.45, 7) is 2.23. The molecule has 0 aliphatic carbocycles. The molecule has 8 nitrogen and oxygen atoms in total. The molecule has 0 radical (unpaired) electrons. The first kappa shape index (κ1) is 22.3. The first-order valence-corrected chi connectivity index (χ1v) is 11.4. The molecule has 1 fully saturated rings. The summed E-state index contributed by atoms with van der Waals surface area (Å²) in [5, 5.41) is 3.93. The van der Waals surface area contributed by atoms with E-state index in [2.05, 4.69) is 10.1 Å². The summed E-state index contributed by atoms with van der Waals surface area (Å²) >= 11 is 0. The molecule has 0 N–H and O–H groups in total. The smallest absolute Gasteiger partial charge is 0.276 e. The maximum absolute atomic E-state index is 12.9. The Balaban J connectivity index is 1.14. The monoisotopic (exact) mass is 468 g/mol. The first-order valence-electron chi connectivity index (χ1n) is 11.4. The van der Waals surface area contributed by atoms with E-state index >= 15 is 0 Å². The van der Waals surface area contributed by atoms with Crippen molar-refractivity contribution >= 4 is 11.8 Å². The van der Waals surface area contributed by atoms with E-state index in [-0.39, 0.29) is 17.5 Å². The summed E-state index contributed by atoms with van der Waals surface area (Å²) in [4.78, 5) is 33.2. The molecule has 176 valence electrons. The van der Waals surface area contributed by atoms with Crippen molar-refractivity contribution in [1.29, 1.82) is 0 Å². The second-order valence-corrected chi connectivity index (χ2v) is 8.20. The summed E-state index contributed by atoms with van der Waals surface area (Å²) in [6, 6.07) is 22.3. The zero-order valence-electron chi connectivity index (χ0n) is 19.0. The van der Waals surface area contributed by atoms with Crippen LogP contribution in [0.3, 0.4) is 0 Å². The normalized spacial score (nSPS) is 13.5. The number of piperazine rings is 1. The second kappa shape index (κ2) is 10.2. The van der Waals surface area contributed by atoms with Crippen LogP contribution in [0.2, 0.25) is 0 Å². The van der Waals surface area contributed by atoms with Gasteiger partial charge in [0.2, 0.25) is 0 Å². The van der Waals surface area contributed by atoms with Gasteiger partial charge in [0, 0.05) is 55.8 Å². The van der Waals surface area contributed by atoms with Crippen LogP contribution in [0.1, 0.15) is 26.4 Å². The Morgan fingerprint density at radius 2 is 1.49 bits per heavy atom. The SMILES string of the molecule is O=C(c1ccc(OCc2ccccc2)cc1)N1CCN(C(=O)c2cc(-c3ccncc3)on2)CC1. The van der Waals surface area contributed by atoms with Crippen LogP contribution >= 0.6 is 0 Å². The number of amides is 2. The number of carbonyl (C=O) groups excluding carboxylic acids is 2. The maximum atomic E-state index is 12.9. The first-order chi connectivity index (χ1) is 17.2. The lowest BCUT2D eigenvalue weighted by atomic mass is 10.1. The number of hydrogen-bond donors (Lipinski definition) is 0. The van der Waals surface area contributed by atoms with Gasteiger partial charge in [-0.05, 0) is 42.0 Å². The number of ether oxygens (including phenoxy) is 1. The van der Waals surface area contributed by atoms with E-state index in [1.807, 2.05) is 30.3 Å². The van der Waals surface area contributed by atoms with Gasteiger partial charge < -0.3 is 19.1 Å². The fraction of sp³-hybridized carbons (Fsp3) is 0.185. The van der Waals surface area contributed by atoms with Gasteiger partial charge in [-0.1, -0.05) is 35.5 Å². The van der Waals surface area contributed by atoms with Crippen molar-refractivity contribution in [2.24, 2.45) is 0 Å². The largest absolute Gasteiger partial charge is 0.489 e. The number of aromatic nitrogens is 2. The molecule has 5 rings (SSSR count). The Hall–Kier alpha value is -4.46. The van der Waals surface area contributed by atoms with Crippen LogP contribution in [0, 0.1) is 0 Å². The van der Waals surface area contributed by atoms with E-state index < -0.39 is 0 Å². The highest BCUT2D eigenvalue weighted by Crippen LogP contribution is 2.21. The number of pyridine rings is 1. The minimum absolute atomic E-state index is 0.0619. The zero-order chi connectivity index (χ0) is 24.0. The van der Waals surface area contributed by atoms with Gasteiger partial charge in [-0.25, -0.2) is 0 Å². The lowest BCUT2D eigenvalue weighted by Crippen LogP contribution is -2.50. The standard InChI is InChI=1S/C27H24N4O4/c32-26(22-6-8-23(9-7-22)34-19-20-4-2-1-3-5-20)30-14-16-31(17-15-30)27(33)24-18-25(35-29-24)21-10-12-28-13-11-21/h1-13,18H,14-17,19H2. The van der Waals surface area contributed by atoms with Crippen molar-refractivity contribution in [1.82, 2.24) is 19.9 Å². The van der Waals surface area contributed by atoms with Gasteiger partial charge in [-0.2, -0.15) is 0 Å². The molecule has 2 aromatic carbocycles. The molecule has 0 unspecified atom stereocenters. The number of nitrogens with zero attached hydrogens (tertiary/aromatic N) is 4. The van der Waals surface area contributed by atoms with Crippen LogP contribution in [0.15, 0.2) is 89.7 Å². The van der Waals surface area contributed by atoms with E-state index in [0.717, 1.165) is 11.1 Å². The van der Waals surface area contributed by atoms with Crippen molar-refractivity contribution in [2.75, 3.05) is 26.2 Å². The van der Waals surface area contributed by atoms with Gasteiger partial charge in [0.05, 0.1) is 0 Å². The number of benzene rings is 2. The third kappa shape index (κ3) is 5.22. The molecule has 35 heavy (non-hydrogen) atoms. The topological polar surface area (TPSA) is 88.8 Å². The Morgan fingerprint density at radius 1 is 0.829 bits per heavy atom. The Labute approximate surface area is 202 Å². The summed E-state index contributed by atoms with van der Waals surface area (Å²) < 4.78 is 11.1. The molecule has 0 bridgehead atoms. The lowest BCUT2D eigenvalue weighted by Gasteiger charge is -2.34. The highest BCUT2D eigenvalue weighted by Gasteiger charge is 2.27. The van der Waals surface area contributed by atoms with Gasteiger partial charge in [0.25, 0.3) is 11.8 Å². The number of carbonyl (C=O) groups is 2. The van der Waals surface area contributed by atoms with Crippen LogP contribution in [0.4, 0.5) is 0 Å². The third-order valence-electron chi connectivity index (χ3n) is 5.90. The maximum Gasteiger partial charge on any atom is 0.276 e. The molecule has 1 aliphatic heterocycles. The summed E-state index contributed by atoms with van der Waals surface area (Å²) in [7, 11) is 0. The van der Waals surface area contributed by atoms with Crippen molar-refractivity contribution in [3.05, 3.63) is 102 Å². The molecule has 1 aliphatic rings. The lowest BCUT2D eigenvalue weighted by molar-refractivity contribution is 0.0530. The third-order valence-corrected chi connectivity index (χ3v) is 5.90. The summed E-state index contributed by atoms with van der Waals surface area (Å²) in [6.07, 6.45) is 3.31. The van der Waals surface area contributed by atoms with Gasteiger partial charge in [0.1, 0.15) is 12.4 Å². The summed E-state index contributed by atoms with van der Waals surface area (Å²) in [5.41, 5.74) is 2.73. The van der Waals surface area contributed by atoms with Crippen LogP contribution in [-0.4, -0.2) is 57.9 Å². The molecule has 4 aromatic rings. The van der Waals surface area contributed by atoms with Crippen molar-refractivity contribution in [3.8, 4) is 17.1 Å². The van der Waals surface area contributed by atoms with Crippen molar-refractivity contribution in [2.45, 2.75) is 6.61 Å². The molecule has 0 spiro atoms. The highest BCUT2D eigenvalue weighted by atomic mass is 16.5. The fourth-order valence-corrected chi connectivity index (χ4v) is 3.92. The average Bonchev–Trinajstić information content (AvgIpc) is 3.43. The minimum atomic E-state index is -0.207. The van der Waals surface area contributed by atoms with Crippen LogP contribution < -0.4 is 4.74 Å². The van der Waals surface area contributed by atoms with Crippen LogP contribution in [-0.2, 0) is 6.61 Å². The molecule has 3 heterocycles. The molecular formula is C27H24N4O4. The molecule has 1 saturated heterocycles. The molecule has 2 amide bonds. The predicted molar refractivity (Wildman–Crippen MR) is 129 cm³/mol. The predicted octanol–water partition coefficient (Wildman–Crippen LogP) is 3.91. The summed E-state index contributed by atoms with van der Waals surface area (Å²) in [5.74, 6) is 0.953. The minimum Gasteiger partial charge on any atom is -0.489 e. The van der Waals surface area contributed by atoms with Gasteiger partial charge in [0.15, 0.2) is 11.5 Å². The van der Waals surface area contributed by atoms with Gasteiger partial charge in [-0.15, -0.1) is 0 Å². The number of hydrogen-bond acceptors (Lipinski definition) is 6. The van der Waals surface area contributed by atoms with Crippen LogP contribution in [0.25, 0.3) is 11.3 Å². The van der Waals surface area contributed by atoms with E-state index in [1.54, 1.807) is 64.7 Å². The zero-order valence-corrected chi connectivity index (χ0v) is 19.0. The Morgan fingerprint density at radius 3 is 2.17 bits per heavy atom. The average molecular weight is 469 g/mol. The van der Waals surface area contributed by atoms with E-state index in [4.69, 9.17) is 9.26 Å². The Bertz CT molecular complexity index is 1280. The van der Waals surface area contributed by atoms with E-state index in [0.29, 0.717) is 49.9 Å². The fourth-order valence-electron chi connectivity index (χ4n) is 3.92. The number of rotatable bonds is 6. The molecule has 8 heteroatoms.